The maximum absolute atomic E-state index is 10.2. The van der Waals surface area contributed by atoms with Crippen LogP contribution in [0.15, 0.2) is 71.0 Å². The molecule has 0 unspecified atom stereocenters. The summed E-state index contributed by atoms with van der Waals surface area (Å²) in [5, 5.41) is 14.8. The van der Waals surface area contributed by atoms with Gasteiger partial charge in [0.25, 0.3) is 0 Å². The normalized spacial score (nSPS) is 11.7. The second kappa shape index (κ2) is 6.34. The van der Waals surface area contributed by atoms with Crippen LogP contribution in [0.1, 0.15) is 5.56 Å². The van der Waals surface area contributed by atoms with Gasteiger partial charge < -0.3 is 10.1 Å². The second-order valence-corrected chi connectivity index (χ2v) is 6.93. The van der Waals surface area contributed by atoms with Crippen molar-refractivity contribution in [3.05, 3.63) is 71.6 Å². The number of thiazole rings is 1. The smallest absolute Gasteiger partial charge is 0.209 e. The summed E-state index contributed by atoms with van der Waals surface area (Å²) in [4.78, 5) is 16.9. The van der Waals surface area contributed by atoms with E-state index in [1.807, 2.05) is 60.0 Å². The molecule has 0 spiro atoms. The summed E-state index contributed by atoms with van der Waals surface area (Å²) >= 11 is 1.43. The Morgan fingerprint density at radius 3 is 2.74 bits per heavy atom. The van der Waals surface area contributed by atoms with Crippen molar-refractivity contribution in [3.63, 3.8) is 0 Å². The van der Waals surface area contributed by atoms with Crippen LogP contribution >= 0.6 is 11.3 Å². The molecule has 0 saturated heterocycles. The third-order valence-corrected chi connectivity index (χ3v) is 5.12. The van der Waals surface area contributed by atoms with E-state index in [2.05, 4.69) is 19.9 Å². The van der Waals surface area contributed by atoms with Crippen molar-refractivity contribution < 1.29 is 5.11 Å². The summed E-state index contributed by atoms with van der Waals surface area (Å²) in [6, 6.07) is 19.4. The molecule has 0 bridgehead atoms. The van der Waals surface area contributed by atoms with Crippen LogP contribution in [0.4, 0.5) is 5.13 Å². The Balaban J connectivity index is 1.50. The summed E-state index contributed by atoms with van der Waals surface area (Å²) in [5.74, 6) is 0.924. The number of aliphatic imine (C=N–C) groups is 1. The molecule has 0 radical (unpaired) electrons. The quantitative estimate of drug-likeness (QED) is 0.423. The van der Waals surface area contributed by atoms with E-state index in [0.29, 0.717) is 10.7 Å². The average molecular weight is 370 g/mol. The molecule has 27 heavy (non-hydrogen) atoms. The van der Waals surface area contributed by atoms with Gasteiger partial charge in [-0.15, -0.1) is 11.3 Å². The number of para-hydroxylation sites is 2. The number of aromatic amines is 1. The second-order valence-electron chi connectivity index (χ2n) is 6.10. The molecule has 0 atom stereocenters. The van der Waals surface area contributed by atoms with Gasteiger partial charge >= 0.3 is 0 Å². The fourth-order valence-corrected chi connectivity index (χ4v) is 3.69. The summed E-state index contributed by atoms with van der Waals surface area (Å²) in [7, 11) is 0. The molecule has 0 amide bonds. The van der Waals surface area contributed by atoms with Gasteiger partial charge in [-0.3, -0.25) is 0 Å². The van der Waals surface area contributed by atoms with Gasteiger partial charge in [0, 0.05) is 17.2 Å². The van der Waals surface area contributed by atoms with Gasteiger partial charge in [-0.1, -0.05) is 42.5 Å². The van der Waals surface area contributed by atoms with E-state index in [4.69, 9.17) is 0 Å². The summed E-state index contributed by atoms with van der Waals surface area (Å²) in [6.45, 7) is 0. The third kappa shape index (κ3) is 2.86. The number of hydrogen-bond acceptors (Lipinski definition) is 5. The molecular formula is C21H14N4OS. The lowest BCUT2D eigenvalue weighted by Gasteiger charge is -2.04. The molecule has 2 N–H and O–H groups in total. The first-order valence-electron chi connectivity index (χ1n) is 8.43. The molecule has 0 aliphatic rings. The number of aromatic nitrogens is 3. The van der Waals surface area contributed by atoms with Gasteiger partial charge in [0.15, 0.2) is 5.82 Å². The minimum absolute atomic E-state index is 0.200. The van der Waals surface area contributed by atoms with E-state index >= 15 is 0 Å². The Kier molecular flexibility index (Phi) is 3.69. The molecule has 5 nitrogen and oxygen atoms in total. The minimum atomic E-state index is 0.200. The van der Waals surface area contributed by atoms with Crippen LogP contribution in [-0.4, -0.2) is 26.3 Å². The average Bonchev–Trinajstić information content (AvgIpc) is 3.34. The number of aromatic hydroxyl groups is 1. The summed E-state index contributed by atoms with van der Waals surface area (Å²) in [5.41, 5.74) is 3.33. The highest BCUT2D eigenvalue weighted by Gasteiger charge is 2.09. The van der Waals surface area contributed by atoms with Crippen molar-refractivity contribution >= 4 is 44.5 Å². The first-order valence-corrected chi connectivity index (χ1v) is 9.31. The number of phenols is 1. The Hall–Kier alpha value is -3.51. The predicted molar refractivity (Wildman–Crippen MR) is 110 cm³/mol. The Bertz CT molecular complexity index is 1270. The fourth-order valence-electron chi connectivity index (χ4n) is 3.05. The van der Waals surface area contributed by atoms with Crippen molar-refractivity contribution in [2.75, 3.05) is 0 Å². The summed E-state index contributed by atoms with van der Waals surface area (Å²) < 4.78 is 0. The van der Waals surface area contributed by atoms with E-state index < -0.39 is 0 Å². The molecule has 5 aromatic rings. The Morgan fingerprint density at radius 1 is 0.963 bits per heavy atom. The molecule has 5 rings (SSSR count). The Morgan fingerprint density at radius 2 is 1.81 bits per heavy atom. The van der Waals surface area contributed by atoms with E-state index in [-0.39, 0.29) is 5.75 Å². The number of phenolic OH excluding ortho intramolecular Hbond substituents is 1. The number of benzene rings is 3. The standard InChI is InChI=1S/C21H14N4OS/c26-19-10-9-13-5-1-2-6-14(13)15(19)11-22-21-25-18(12-27-21)20-23-16-7-3-4-8-17(16)24-20/h1-12,26H,(H,23,24)/b22-11+. The van der Waals surface area contributed by atoms with E-state index in [1.165, 1.54) is 11.3 Å². The van der Waals surface area contributed by atoms with Crippen molar-refractivity contribution in [1.82, 2.24) is 15.0 Å². The fraction of sp³-hybridized carbons (Fsp3) is 0. The number of H-pyrrole nitrogens is 1. The topological polar surface area (TPSA) is 74.2 Å². The zero-order chi connectivity index (χ0) is 18.2. The lowest BCUT2D eigenvalue weighted by Crippen LogP contribution is -1.85. The zero-order valence-electron chi connectivity index (χ0n) is 14.1. The van der Waals surface area contributed by atoms with Crippen LogP contribution in [0.5, 0.6) is 5.75 Å². The first-order chi connectivity index (χ1) is 13.3. The van der Waals surface area contributed by atoms with Crippen LogP contribution in [0.2, 0.25) is 0 Å². The van der Waals surface area contributed by atoms with Gasteiger partial charge in [-0.05, 0) is 29.0 Å². The van der Waals surface area contributed by atoms with Crippen LogP contribution in [-0.2, 0) is 0 Å². The lowest BCUT2D eigenvalue weighted by molar-refractivity contribution is 0.475. The number of nitrogens with one attached hydrogen (secondary N) is 1. The molecule has 0 aliphatic carbocycles. The molecule has 3 aromatic carbocycles. The molecule has 0 saturated carbocycles. The summed E-state index contributed by atoms with van der Waals surface area (Å²) in [6.07, 6.45) is 1.67. The minimum Gasteiger partial charge on any atom is -0.507 e. The third-order valence-electron chi connectivity index (χ3n) is 4.38. The highest BCUT2D eigenvalue weighted by atomic mass is 32.1. The highest BCUT2D eigenvalue weighted by molar-refractivity contribution is 7.13. The monoisotopic (exact) mass is 370 g/mol. The van der Waals surface area contributed by atoms with Crippen molar-refractivity contribution in [2.24, 2.45) is 4.99 Å². The van der Waals surface area contributed by atoms with Gasteiger partial charge in [0.1, 0.15) is 11.4 Å². The SMILES string of the molecule is Oc1ccc2ccccc2c1/C=N/c1nc(-c2nc3ccccc3[nH]2)cs1. The zero-order valence-corrected chi connectivity index (χ0v) is 14.9. The molecule has 6 heteroatoms. The van der Waals surface area contributed by atoms with E-state index in [1.54, 1.807) is 12.3 Å². The van der Waals surface area contributed by atoms with Gasteiger partial charge in [-0.25, -0.2) is 15.0 Å². The van der Waals surface area contributed by atoms with Crippen LogP contribution in [0.25, 0.3) is 33.3 Å². The molecule has 130 valence electrons. The number of fused-ring (bicyclic) bond motifs is 2. The number of imidazole rings is 1. The van der Waals surface area contributed by atoms with Gasteiger partial charge in [0.2, 0.25) is 5.13 Å². The highest BCUT2D eigenvalue weighted by Crippen LogP contribution is 2.29. The molecular weight excluding hydrogens is 356 g/mol. The lowest BCUT2D eigenvalue weighted by atomic mass is 10.0. The van der Waals surface area contributed by atoms with E-state index in [0.717, 1.165) is 33.3 Å². The largest absolute Gasteiger partial charge is 0.507 e. The molecule has 0 fully saturated rings. The van der Waals surface area contributed by atoms with Crippen molar-refractivity contribution in [2.45, 2.75) is 0 Å². The number of nitrogens with zero attached hydrogens (tertiary/aromatic N) is 3. The van der Waals surface area contributed by atoms with Crippen LogP contribution in [0, 0.1) is 0 Å². The van der Waals surface area contributed by atoms with Gasteiger partial charge in [-0.2, -0.15) is 0 Å². The first kappa shape index (κ1) is 15.7. The molecule has 2 aromatic heterocycles. The number of rotatable bonds is 3. The number of hydrogen-bond donors (Lipinski definition) is 2. The maximum Gasteiger partial charge on any atom is 0.209 e. The maximum atomic E-state index is 10.2. The van der Waals surface area contributed by atoms with Crippen LogP contribution in [0.3, 0.4) is 0 Å². The Labute approximate surface area is 158 Å². The predicted octanol–water partition coefficient (Wildman–Crippen LogP) is 5.30. The van der Waals surface area contributed by atoms with Crippen molar-refractivity contribution in [1.29, 1.82) is 0 Å². The van der Waals surface area contributed by atoms with E-state index in [9.17, 15) is 5.11 Å². The van der Waals surface area contributed by atoms with Crippen molar-refractivity contribution in [3.8, 4) is 17.3 Å². The molecule has 2 heterocycles. The molecule has 0 aliphatic heterocycles. The van der Waals surface area contributed by atoms with Gasteiger partial charge in [0.05, 0.1) is 11.0 Å². The van der Waals surface area contributed by atoms with Crippen LogP contribution < -0.4 is 0 Å².